The van der Waals surface area contributed by atoms with Gasteiger partial charge in [0.1, 0.15) is 5.75 Å². The molecule has 6 heteroatoms. The average Bonchev–Trinajstić information content (AvgIpc) is 2.58. The van der Waals surface area contributed by atoms with E-state index in [-0.39, 0.29) is 6.61 Å². The first kappa shape index (κ1) is 14.6. The fourth-order valence-electron chi connectivity index (χ4n) is 2.58. The summed E-state index contributed by atoms with van der Waals surface area (Å²) in [6, 6.07) is 7.20. The number of anilines is 2. The highest BCUT2D eigenvalue weighted by Crippen LogP contribution is 2.30. The monoisotopic (exact) mass is 300 g/mol. The Morgan fingerprint density at radius 3 is 2.50 bits per heavy atom. The maximum Gasteiger partial charge on any atom is 0.263 e. The molecule has 0 bridgehead atoms. The van der Waals surface area contributed by atoms with Gasteiger partial charge in [0.05, 0.1) is 0 Å². The van der Waals surface area contributed by atoms with Crippen molar-refractivity contribution in [1.29, 1.82) is 0 Å². The van der Waals surface area contributed by atoms with Crippen LogP contribution in [0.25, 0.3) is 0 Å². The van der Waals surface area contributed by atoms with E-state index in [1.165, 1.54) is 0 Å². The molecule has 22 heavy (non-hydrogen) atoms. The van der Waals surface area contributed by atoms with E-state index >= 15 is 0 Å². The second kappa shape index (κ2) is 6.62. The molecule has 1 fully saturated rings. The number of hydrogen-bond donors (Lipinski definition) is 2. The van der Waals surface area contributed by atoms with Crippen LogP contribution < -0.4 is 15.4 Å². The molecule has 1 aromatic heterocycles. The van der Waals surface area contributed by atoms with Gasteiger partial charge in [0.2, 0.25) is 0 Å². The van der Waals surface area contributed by atoms with Gasteiger partial charge in [-0.1, -0.05) is 0 Å². The number of aromatic nitrogens is 2. The Labute approximate surface area is 129 Å². The number of nitrogens with two attached hydrogens (primary N) is 1. The van der Waals surface area contributed by atoms with Gasteiger partial charge in [-0.15, -0.1) is 0 Å². The Bertz CT molecular complexity index is 610. The summed E-state index contributed by atoms with van der Waals surface area (Å²) in [6.07, 6.45) is 5.20. The summed E-state index contributed by atoms with van der Waals surface area (Å²) in [5, 5.41) is 9.24. The Balaban J connectivity index is 1.77. The molecule has 1 aliphatic heterocycles. The molecular formula is C16H20N4O2. The van der Waals surface area contributed by atoms with E-state index < -0.39 is 0 Å². The molecule has 0 amide bonds. The van der Waals surface area contributed by atoms with Crippen molar-refractivity contribution in [2.24, 2.45) is 5.92 Å². The topological polar surface area (TPSA) is 84.5 Å². The Morgan fingerprint density at radius 1 is 1.14 bits per heavy atom. The van der Waals surface area contributed by atoms with Gasteiger partial charge in [-0.05, 0) is 43.0 Å². The van der Waals surface area contributed by atoms with E-state index in [4.69, 9.17) is 10.5 Å². The molecule has 6 nitrogen and oxygen atoms in total. The number of nitrogen functional groups attached to an aromatic ring is 1. The van der Waals surface area contributed by atoms with Crippen molar-refractivity contribution in [3.63, 3.8) is 0 Å². The summed E-state index contributed by atoms with van der Waals surface area (Å²) in [5.41, 5.74) is 6.37. The minimum Gasteiger partial charge on any atom is -0.436 e. The molecule has 1 aliphatic rings. The number of hydrogen-bond acceptors (Lipinski definition) is 6. The molecule has 0 spiro atoms. The van der Waals surface area contributed by atoms with Crippen molar-refractivity contribution in [2.75, 3.05) is 30.3 Å². The molecule has 0 unspecified atom stereocenters. The van der Waals surface area contributed by atoms with Crippen LogP contribution in [0.1, 0.15) is 12.8 Å². The normalized spacial score (nSPS) is 15.8. The van der Waals surface area contributed by atoms with E-state index in [2.05, 4.69) is 14.9 Å². The van der Waals surface area contributed by atoms with Gasteiger partial charge < -0.3 is 20.5 Å². The summed E-state index contributed by atoms with van der Waals surface area (Å²) in [7, 11) is 0. The highest BCUT2D eigenvalue weighted by molar-refractivity contribution is 5.50. The maximum absolute atomic E-state index is 9.24. The third kappa shape index (κ3) is 3.28. The average molecular weight is 300 g/mol. The van der Waals surface area contributed by atoms with Crippen molar-refractivity contribution < 1.29 is 9.84 Å². The van der Waals surface area contributed by atoms with Gasteiger partial charge in [-0.3, -0.25) is 0 Å². The first-order valence-corrected chi connectivity index (χ1v) is 7.46. The predicted octanol–water partition coefficient (Wildman–Crippen LogP) is 2.06. The Hall–Kier alpha value is -2.34. The zero-order chi connectivity index (χ0) is 15.4. The minimum atomic E-state index is 0.253. The SMILES string of the molecule is Nc1ccc(Oc2nccnc2N2CCC(CO)CC2)cc1. The van der Waals surface area contributed by atoms with Crippen LogP contribution >= 0.6 is 0 Å². The van der Waals surface area contributed by atoms with Crippen LogP contribution in [0.4, 0.5) is 11.5 Å². The second-order valence-corrected chi connectivity index (χ2v) is 5.47. The summed E-state index contributed by atoms with van der Waals surface area (Å²) in [6.45, 7) is 1.95. The van der Waals surface area contributed by atoms with Gasteiger partial charge in [0.25, 0.3) is 5.88 Å². The number of benzene rings is 1. The molecule has 2 heterocycles. The predicted molar refractivity (Wildman–Crippen MR) is 85.0 cm³/mol. The van der Waals surface area contributed by atoms with Gasteiger partial charge in [-0.25, -0.2) is 9.97 Å². The molecule has 0 aliphatic carbocycles. The number of ether oxygens (including phenoxy) is 1. The first-order chi connectivity index (χ1) is 10.8. The number of aliphatic hydroxyl groups excluding tert-OH is 1. The molecule has 0 saturated carbocycles. The molecular weight excluding hydrogens is 280 g/mol. The summed E-state index contributed by atoms with van der Waals surface area (Å²) >= 11 is 0. The van der Waals surface area contributed by atoms with Crippen LogP contribution in [0.15, 0.2) is 36.7 Å². The summed E-state index contributed by atoms with van der Waals surface area (Å²) in [5.74, 6) is 2.31. The van der Waals surface area contributed by atoms with Crippen molar-refractivity contribution in [3.05, 3.63) is 36.7 Å². The van der Waals surface area contributed by atoms with Crippen molar-refractivity contribution in [3.8, 4) is 11.6 Å². The molecule has 2 aromatic rings. The van der Waals surface area contributed by atoms with E-state index in [1.54, 1.807) is 24.5 Å². The molecule has 116 valence electrons. The molecule has 0 radical (unpaired) electrons. The molecule has 1 aromatic carbocycles. The second-order valence-electron chi connectivity index (χ2n) is 5.47. The lowest BCUT2D eigenvalue weighted by molar-refractivity contribution is 0.202. The van der Waals surface area contributed by atoms with Crippen molar-refractivity contribution in [1.82, 2.24) is 9.97 Å². The van der Waals surface area contributed by atoms with Crippen LogP contribution in [0.2, 0.25) is 0 Å². The molecule has 1 saturated heterocycles. The van der Waals surface area contributed by atoms with Crippen LogP contribution in [-0.2, 0) is 0 Å². The van der Waals surface area contributed by atoms with Crippen LogP contribution in [-0.4, -0.2) is 34.8 Å². The first-order valence-electron chi connectivity index (χ1n) is 7.46. The molecule has 3 rings (SSSR count). The summed E-state index contributed by atoms with van der Waals surface area (Å²) in [4.78, 5) is 10.9. The standard InChI is InChI=1S/C16H20N4O2/c17-13-1-3-14(4-2-13)22-16-15(18-7-8-19-16)20-9-5-12(11-21)6-10-20/h1-4,7-8,12,21H,5-6,9-11,17H2. The highest BCUT2D eigenvalue weighted by Gasteiger charge is 2.22. The Kier molecular flexibility index (Phi) is 4.39. The highest BCUT2D eigenvalue weighted by atomic mass is 16.5. The lowest BCUT2D eigenvalue weighted by Gasteiger charge is -2.32. The minimum absolute atomic E-state index is 0.253. The van der Waals surface area contributed by atoms with Crippen molar-refractivity contribution in [2.45, 2.75) is 12.8 Å². The summed E-state index contributed by atoms with van der Waals surface area (Å²) < 4.78 is 5.85. The quantitative estimate of drug-likeness (QED) is 0.841. The van der Waals surface area contributed by atoms with E-state index in [0.29, 0.717) is 23.2 Å². The van der Waals surface area contributed by atoms with E-state index in [9.17, 15) is 5.11 Å². The third-order valence-electron chi connectivity index (χ3n) is 3.91. The molecule has 3 N–H and O–H groups in total. The van der Waals surface area contributed by atoms with Crippen LogP contribution in [0.3, 0.4) is 0 Å². The fraction of sp³-hybridized carbons (Fsp3) is 0.375. The zero-order valence-corrected chi connectivity index (χ0v) is 12.4. The van der Waals surface area contributed by atoms with Crippen molar-refractivity contribution >= 4 is 11.5 Å². The number of nitrogens with zero attached hydrogens (tertiary/aromatic N) is 3. The largest absolute Gasteiger partial charge is 0.436 e. The number of rotatable bonds is 4. The van der Waals surface area contributed by atoms with Gasteiger partial charge in [0.15, 0.2) is 5.82 Å². The maximum atomic E-state index is 9.24. The zero-order valence-electron chi connectivity index (χ0n) is 12.4. The smallest absolute Gasteiger partial charge is 0.263 e. The molecule has 0 atom stereocenters. The fourth-order valence-corrected chi connectivity index (χ4v) is 2.58. The van der Waals surface area contributed by atoms with Crippen LogP contribution in [0, 0.1) is 5.92 Å². The third-order valence-corrected chi connectivity index (χ3v) is 3.91. The lowest BCUT2D eigenvalue weighted by atomic mass is 9.98. The number of aliphatic hydroxyl groups is 1. The van der Waals surface area contributed by atoms with Crippen LogP contribution in [0.5, 0.6) is 11.6 Å². The number of piperidine rings is 1. The van der Waals surface area contributed by atoms with Gasteiger partial charge in [0, 0.05) is 37.8 Å². The van der Waals surface area contributed by atoms with Gasteiger partial charge >= 0.3 is 0 Å². The van der Waals surface area contributed by atoms with E-state index in [0.717, 1.165) is 31.7 Å². The Morgan fingerprint density at radius 2 is 1.82 bits per heavy atom. The lowest BCUT2D eigenvalue weighted by Crippen LogP contribution is -2.35. The van der Waals surface area contributed by atoms with E-state index in [1.807, 2.05) is 12.1 Å². The van der Waals surface area contributed by atoms with Gasteiger partial charge in [-0.2, -0.15) is 0 Å².